The van der Waals surface area contributed by atoms with Gasteiger partial charge in [0.05, 0.1) is 0 Å². The minimum atomic E-state index is -0.169. The maximum Gasteiger partial charge on any atom is 0.256 e. The number of hydrogen-bond donors (Lipinski definition) is 0. The normalized spacial score (nSPS) is 17.2. The largest absolute Gasteiger partial charge is 0.458 e. The molecule has 0 unspecified atom stereocenters. The number of rotatable bonds is 7. The van der Waals surface area contributed by atoms with Crippen LogP contribution in [0.3, 0.4) is 0 Å². The molecule has 0 aromatic heterocycles. The molecule has 2 aliphatic carbocycles. The third kappa shape index (κ3) is 7.78. The average Bonchev–Trinajstić information content (AvgIpc) is 0.761. The molecule has 4 aliphatic heterocycles. The van der Waals surface area contributed by atoms with Gasteiger partial charge in [-0.1, -0.05) is 165 Å². The lowest BCUT2D eigenvalue weighted by molar-refractivity contribution is 0.332. The maximum absolute atomic E-state index is 7.15. The number of fused-ring (bicyclic) bond motifs is 10. The summed E-state index contributed by atoms with van der Waals surface area (Å²) in [5.41, 5.74) is 22.9. The summed E-state index contributed by atoms with van der Waals surface area (Å²) >= 11 is 0. The summed E-state index contributed by atoms with van der Waals surface area (Å²) in [6, 6.07) is 77.9. The van der Waals surface area contributed by atoms with Gasteiger partial charge in [0.25, 0.3) is 13.4 Å². The van der Waals surface area contributed by atoms with Crippen LogP contribution < -0.4 is 61.7 Å². The van der Waals surface area contributed by atoms with Gasteiger partial charge in [0, 0.05) is 75.5 Å². The first-order valence-electron chi connectivity index (χ1n) is 30.2. The van der Waals surface area contributed by atoms with Crippen LogP contribution in [-0.4, -0.2) is 13.4 Å². The number of ether oxygens (including phenoxy) is 3. The van der Waals surface area contributed by atoms with Gasteiger partial charge in [-0.25, -0.2) is 0 Å². The van der Waals surface area contributed by atoms with Gasteiger partial charge in [-0.05, 0) is 181 Å². The van der Waals surface area contributed by atoms with Crippen molar-refractivity contribution in [3.05, 3.63) is 235 Å². The first kappa shape index (κ1) is 50.8. The minimum absolute atomic E-state index is 0.0321. The highest BCUT2D eigenvalue weighted by Gasteiger charge is 2.49. The van der Waals surface area contributed by atoms with Gasteiger partial charge in [-0.15, -0.1) is 0 Å². The van der Waals surface area contributed by atoms with Crippen LogP contribution in [0.5, 0.6) is 34.5 Å². The second kappa shape index (κ2) is 18.3. The molecule has 4 heterocycles. The van der Waals surface area contributed by atoms with E-state index in [9.17, 15) is 0 Å². The van der Waals surface area contributed by atoms with Crippen LogP contribution in [0.25, 0.3) is 0 Å². The molecule has 6 nitrogen and oxygen atoms in total. The molecule has 0 N–H and O–H groups in total. The minimum Gasteiger partial charge on any atom is -0.458 e. The number of benzene rings is 10. The Hall–Kier alpha value is -8.87. The zero-order chi connectivity index (χ0) is 57.0. The molecule has 0 saturated carbocycles. The Balaban J connectivity index is 1.03. The molecule has 6 aliphatic rings. The van der Waals surface area contributed by atoms with Crippen molar-refractivity contribution in [2.45, 2.75) is 103 Å². The molecule has 0 bridgehead atoms. The third-order valence-electron chi connectivity index (χ3n) is 19.9. The van der Waals surface area contributed by atoms with Gasteiger partial charge in [0.1, 0.15) is 34.5 Å². The molecule has 0 spiro atoms. The smallest absolute Gasteiger partial charge is 0.256 e. The second-order valence-corrected chi connectivity index (χ2v) is 26.9. The van der Waals surface area contributed by atoms with Gasteiger partial charge < -0.3 is 28.9 Å². The SMILES string of the molecule is CC1(C)CCC(C)(C)c2cc(N3c4cc5c(cc4B4c6ccccc6Oc6cc(Oc7ccccc7)cc3c64)B3c4ccccc4N(c4ccccc4)c4cc(Oc6ccccc6)cc(c43)N5c3ccc4c(c3)C(C)(C)CCC4(C)C)ccc21. The van der Waals surface area contributed by atoms with Crippen LogP contribution >= 0.6 is 0 Å². The number of hydrogen-bond acceptors (Lipinski definition) is 6. The second-order valence-electron chi connectivity index (χ2n) is 26.9. The summed E-state index contributed by atoms with van der Waals surface area (Å²) in [7, 11) is 0. The fraction of sp³-hybridized carbons (Fsp3) is 0.211. The zero-order valence-corrected chi connectivity index (χ0v) is 49.3. The molecule has 0 amide bonds. The number of anilines is 9. The van der Waals surface area contributed by atoms with Crippen LogP contribution in [0.15, 0.2) is 212 Å². The van der Waals surface area contributed by atoms with Crippen LogP contribution in [0.4, 0.5) is 51.2 Å². The molecule has 84 heavy (non-hydrogen) atoms. The van der Waals surface area contributed by atoms with Crippen molar-refractivity contribution in [3.63, 3.8) is 0 Å². The van der Waals surface area contributed by atoms with E-state index in [4.69, 9.17) is 14.2 Å². The Morgan fingerprint density at radius 1 is 0.310 bits per heavy atom. The van der Waals surface area contributed by atoms with Gasteiger partial charge >= 0.3 is 0 Å². The first-order valence-corrected chi connectivity index (χ1v) is 30.2. The highest BCUT2D eigenvalue weighted by atomic mass is 16.5. The molecule has 410 valence electrons. The molecule has 16 rings (SSSR count). The molecule has 0 atom stereocenters. The van der Waals surface area contributed by atoms with Crippen molar-refractivity contribution in [1.82, 2.24) is 0 Å². The van der Waals surface area contributed by atoms with E-state index in [-0.39, 0.29) is 35.1 Å². The maximum atomic E-state index is 7.15. The van der Waals surface area contributed by atoms with Gasteiger partial charge in [0.15, 0.2) is 0 Å². The van der Waals surface area contributed by atoms with E-state index in [2.05, 4.69) is 234 Å². The lowest BCUT2D eigenvalue weighted by atomic mass is 9.30. The van der Waals surface area contributed by atoms with Crippen molar-refractivity contribution < 1.29 is 14.2 Å². The van der Waals surface area contributed by atoms with E-state index >= 15 is 0 Å². The van der Waals surface area contributed by atoms with Crippen molar-refractivity contribution in [2.24, 2.45) is 0 Å². The summed E-state index contributed by atoms with van der Waals surface area (Å²) in [6.45, 7) is 19.1. The standard InChI is InChI=1S/C76H67B2N3O3/c1-73(2)36-38-75(5,6)57-40-49(32-34-55(57)73)80-64-47-65-62(46-61(64)77-59-28-18-20-30-63(59)79(48-22-12-9-13-23-48)66-42-53(43-67(80)71(66)77)82-51-24-14-10-15-25-51)78-60-29-19-21-31-69(60)84-70-45-54(83-52-26-16-11-17-27-52)44-68(72(70)78)81(65)50-33-35-56-58(41-50)76(7,8)39-37-74(56,3)4/h9-35,40-47H,36-39H2,1-8H3. The summed E-state index contributed by atoms with van der Waals surface area (Å²) in [5.74, 6) is 4.70. The molecule has 10 aromatic rings. The van der Waals surface area contributed by atoms with E-state index in [1.807, 2.05) is 48.5 Å². The average molecular weight is 1090 g/mol. The molecule has 0 saturated heterocycles. The third-order valence-corrected chi connectivity index (χ3v) is 19.9. The Morgan fingerprint density at radius 3 is 1.29 bits per heavy atom. The topological polar surface area (TPSA) is 37.4 Å². The lowest BCUT2D eigenvalue weighted by Gasteiger charge is -2.47. The van der Waals surface area contributed by atoms with E-state index in [0.717, 1.165) is 117 Å². The monoisotopic (exact) mass is 1090 g/mol. The summed E-state index contributed by atoms with van der Waals surface area (Å²) in [6.07, 6.45) is 4.49. The fourth-order valence-corrected chi connectivity index (χ4v) is 15.3. The summed E-state index contributed by atoms with van der Waals surface area (Å²) in [5, 5.41) is 0. The number of para-hydroxylation sites is 5. The quantitative estimate of drug-likeness (QED) is 0.148. The van der Waals surface area contributed by atoms with E-state index < -0.39 is 0 Å². The van der Waals surface area contributed by atoms with Crippen LogP contribution in [0.2, 0.25) is 0 Å². The predicted octanol–water partition coefficient (Wildman–Crippen LogP) is 16.5. The Bertz CT molecular complexity index is 4350. The van der Waals surface area contributed by atoms with Gasteiger partial charge in [-0.2, -0.15) is 0 Å². The van der Waals surface area contributed by atoms with Crippen molar-refractivity contribution >= 4 is 97.4 Å². The van der Waals surface area contributed by atoms with E-state index in [1.54, 1.807) is 0 Å². The summed E-state index contributed by atoms with van der Waals surface area (Å²) in [4.78, 5) is 7.62. The van der Waals surface area contributed by atoms with Crippen molar-refractivity contribution in [2.75, 3.05) is 14.7 Å². The first-order chi connectivity index (χ1) is 40.6. The molecular formula is C76H67B2N3O3. The van der Waals surface area contributed by atoms with Crippen LogP contribution in [0, 0.1) is 0 Å². The Morgan fingerprint density at radius 2 is 0.738 bits per heavy atom. The Labute approximate surface area is 495 Å². The molecule has 0 radical (unpaired) electrons. The fourth-order valence-electron chi connectivity index (χ4n) is 15.3. The van der Waals surface area contributed by atoms with Crippen molar-refractivity contribution in [1.29, 1.82) is 0 Å². The Kier molecular flexibility index (Phi) is 11.1. The highest BCUT2D eigenvalue weighted by molar-refractivity contribution is 7.02. The zero-order valence-electron chi connectivity index (χ0n) is 49.3. The van der Waals surface area contributed by atoms with Crippen LogP contribution in [-0.2, 0) is 21.7 Å². The molecule has 10 aromatic carbocycles. The van der Waals surface area contributed by atoms with Gasteiger partial charge in [-0.3, -0.25) is 0 Å². The van der Waals surface area contributed by atoms with Gasteiger partial charge in [0.2, 0.25) is 0 Å². The lowest BCUT2D eigenvalue weighted by Crippen LogP contribution is -2.64. The van der Waals surface area contributed by atoms with Crippen molar-refractivity contribution in [3.8, 4) is 34.5 Å². The number of nitrogens with zero attached hydrogens (tertiary/aromatic N) is 3. The summed E-state index contributed by atoms with van der Waals surface area (Å²) < 4.78 is 21.1. The molecule has 8 heteroatoms. The van der Waals surface area contributed by atoms with Crippen LogP contribution in [0.1, 0.15) is 103 Å². The van der Waals surface area contributed by atoms with E-state index in [0.29, 0.717) is 5.75 Å². The predicted molar refractivity (Wildman–Crippen MR) is 350 cm³/mol. The molecule has 0 fully saturated rings. The molecular weight excluding hydrogens is 1020 g/mol. The highest BCUT2D eigenvalue weighted by Crippen LogP contribution is 2.54. The van der Waals surface area contributed by atoms with E-state index in [1.165, 1.54) is 44.1 Å².